The maximum Gasteiger partial charge on any atom is 0.430 e. The molecule has 3 N–H and O–H groups in total. The molecule has 14 heteroatoms. The van der Waals surface area contributed by atoms with Gasteiger partial charge in [0, 0.05) is 12.3 Å². The third-order valence-corrected chi connectivity index (χ3v) is 7.87. The highest BCUT2D eigenvalue weighted by atomic mass is 32.2. The predicted octanol–water partition coefficient (Wildman–Crippen LogP) is 1.02. The topological polar surface area (TPSA) is 174 Å². The van der Waals surface area contributed by atoms with E-state index in [-0.39, 0.29) is 12.8 Å². The minimum Gasteiger partial charge on any atom is -0.458 e. The van der Waals surface area contributed by atoms with Crippen molar-refractivity contribution in [2.24, 2.45) is 23.7 Å². The van der Waals surface area contributed by atoms with Crippen LogP contribution in [-0.4, -0.2) is 70.4 Å². The quantitative estimate of drug-likeness (QED) is 0.164. The molecule has 0 amide bonds. The molecular weight excluding hydrogens is 486 g/mol. The Balaban J connectivity index is 2.08. The Morgan fingerprint density at radius 2 is 1.68 bits per heavy atom. The SMILES string of the molecule is CCC(O)(CC)C1CC(OC(=O)C(C)C(C)C(=O)OC(O)C(F)(F)S(=O)(=O)O)C2CC1C(=O)O2. The molecule has 0 aromatic heterocycles. The average molecular weight is 517 g/mol. The molecule has 2 aliphatic rings. The van der Waals surface area contributed by atoms with Crippen molar-refractivity contribution in [3.05, 3.63) is 0 Å². The first-order chi connectivity index (χ1) is 15.5. The zero-order valence-electron chi connectivity index (χ0n) is 19.1. The van der Waals surface area contributed by atoms with Gasteiger partial charge in [0.25, 0.3) is 6.29 Å². The van der Waals surface area contributed by atoms with Crippen LogP contribution in [0, 0.1) is 23.7 Å². The molecule has 196 valence electrons. The lowest BCUT2D eigenvalue weighted by molar-refractivity contribution is -0.211. The molecular formula is C20H30F2O11S. The van der Waals surface area contributed by atoms with Crippen LogP contribution in [0.4, 0.5) is 8.78 Å². The van der Waals surface area contributed by atoms with Crippen LogP contribution in [0.2, 0.25) is 0 Å². The fourth-order valence-corrected chi connectivity index (χ4v) is 4.63. The maximum atomic E-state index is 13.4. The second-order valence-electron chi connectivity index (χ2n) is 8.85. The van der Waals surface area contributed by atoms with Crippen molar-refractivity contribution in [1.29, 1.82) is 0 Å². The fourth-order valence-electron chi connectivity index (χ4n) is 4.32. The highest BCUT2D eigenvalue weighted by Crippen LogP contribution is 2.47. The van der Waals surface area contributed by atoms with Crippen LogP contribution < -0.4 is 0 Å². The minimum absolute atomic E-state index is 0.135. The van der Waals surface area contributed by atoms with E-state index in [9.17, 15) is 41.8 Å². The number of carbonyl (C=O) groups excluding carboxylic acids is 3. The number of aliphatic hydroxyl groups is 2. The molecule has 1 saturated carbocycles. The summed E-state index contributed by atoms with van der Waals surface area (Å²) >= 11 is 0. The standard InChI is InChI=1S/C20H30F2O11S/c1-5-19(27,6-2)12-8-14(13-7-11(12)17(25)32-13)31-15(23)9(3)10(4)16(24)33-18(26)20(21,22)34(28,29)30/h9-14,18,26-27H,5-8H2,1-4H3,(H,28,29,30). The third kappa shape index (κ3) is 5.34. The fraction of sp³-hybridized carbons (Fsp3) is 0.850. The monoisotopic (exact) mass is 516 g/mol. The van der Waals surface area contributed by atoms with Gasteiger partial charge in [-0.25, -0.2) is 0 Å². The minimum atomic E-state index is -6.07. The van der Waals surface area contributed by atoms with Gasteiger partial charge in [0.05, 0.1) is 23.4 Å². The van der Waals surface area contributed by atoms with E-state index in [1.54, 1.807) is 13.8 Å². The van der Waals surface area contributed by atoms with Gasteiger partial charge in [0.15, 0.2) is 0 Å². The zero-order valence-corrected chi connectivity index (χ0v) is 20.0. The summed E-state index contributed by atoms with van der Waals surface area (Å²) in [5.41, 5.74) is -1.18. The highest BCUT2D eigenvalue weighted by Gasteiger charge is 2.56. The maximum absolute atomic E-state index is 13.4. The summed E-state index contributed by atoms with van der Waals surface area (Å²) in [6.45, 7) is 5.87. The van der Waals surface area contributed by atoms with Crippen molar-refractivity contribution in [3.8, 4) is 0 Å². The molecule has 0 aromatic carbocycles. The van der Waals surface area contributed by atoms with Crippen molar-refractivity contribution < 1.29 is 60.6 Å². The number of hydrogen-bond donors (Lipinski definition) is 3. The second kappa shape index (κ2) is 9.99. The molecule has 1 saturated heterocycles. The van der Waals surface area contributed by atoms with Gasteiger partial charge in [-0.3, -0.25) is 18.9 Å². The largest absolute Gasteiger partial charge is 0.458 e. The summed E-state index contributed by atoms with van der Waals surface area (Å²) in [5, 5.41) is 15.0. The zero-order chi connectivity index (χ0) is 26.2. The molecule has 1 aliphatic carbocycles. The molecule has 0 spiro atoms. The Kier molecular flexibility index (Phi) is 8.33. The summed E-state index contributed by atoms with van der Waals surface area (Å²) in [4.78, 5) is 37.0. The Hall–Kier alpha value is -1.90. The van der Waals surface area contributed by atoms with Crippen LogP contribution in [0.5, 0.6) is 0 Å². The molecule has 1 heterocycles. The van der Waals surface area contributed by atoms with Gasteiger partial charge in [0.2, 0.25) is 0 Å². The third-order valence-electron chi connectivity index (χ3n) is 6.98. The first-order valence-electron chi connectivity index (χ1n) is 10.9. The van der Waals surface area contributed by atoms with E-state index in [2.05, 4.69) is 4.74 Å². The molecule has 11 nitrogen and oxygen atoms in total. The normalized spacial score (nSPS) is 28.0. The number of ether oxygens (including phenoxy) is 3. The van der Waals surface area contributed by atoms with Crippen LogP contribution in [-0.2, 0) is 38.7 Å². The lowest BCUT2D eigenvalue weighted by Crippen LogP contribution is -2.48. The van der Waals surface area contributed by atoms with Gasteiger partial charge in [-0.2, -0.15) is 17.2 Å². The van der Waals surface area contributed by atoms with E-state index >= 15 is 0 Å². The number of alkyl halides is 2. The number of hydrogen-bond acceptors (Lipinski definition) is 10. The van der Waals surface area contributed by atoms with E-state index in [1.807, 2.05) is 0 Å². The van der Waals surface area contributed by atoms with Gasteiger partial charge < -0.3 is 24.4 Å². The Labute approximate surface area is 195 Å². The first-order valence-corrected chi connectivity index (χ1v) is 12.3. The van der Waals surface area contributed by atoms with E-state index in [1.165, 1.54) is 6.92 Å². The predicted molar refractivity (Wildman–Crippen MR) is 108 cm³/mol. The molecule has 7 atom stereocenters. The number of esters is 3. The van der Waals surface area contributed by atoms with Gasteiger partial charge >= 0.3 is 33.3 Å². The molecule has 0 radical (unpaired) electrons. The number of carbonyl (C=O) groups is 3. The lowest BCUT2D eigenvalue weighted by atomic mass is 9.67. The summed E-state index contributed by atoms with van der Waals surface area (Å²) in [6, 6.07) is 0. The van der Waals surface area contributed by atoms with E-state index < -0.39 is 81.1 Å². The van der Waals surface area contributed by atoms with E-state index in [0.29, 0.717) is 12.8 Å². The van der Waals surface area contributed by atoms with Gasteiger partial charge in [-0.1, -0.05) is 27.7 Å². The van der Waals surface area contributed by atoms with Gasteiger partial charge in [0.1, 0.15) is 12.2 Å². The summed E-state index contributed by atoms with van der Waals surface area (Å²) in [6.07, 6.45) is -4.05. The number of fused-ring (bicyclic) bond motifs is 2. The molecule has 0 aromatic rings. The molecule has 1 aliphatic heterocycles. The molecule has 2 rings (SSSR count). The Morgan fingerprint density at radius 3 is 2.18 bits per heavy atom. The van der Waals surface area contributed by atoms with Crippen molar-refractivity contribution in [1.82, 2.24) is 0 Å². The van der Waals surface area contributed by atoms with Gasteiger partial charge in [-0.15, -0.1) is 0 Å². The van der Waals surface area contributed by atoms with Crippen LogP contribution in [0.1, 0.15) is 53.4 Å². The van der Waals surface area contributed by atoms with E-state index in [4.69, 9.17) is 14.0 Å². The van der Waals surface area contributed by atoms with Crippen LogP contribution in [0.15, 0.2) is 0 Å². The summed E-state index contributed by atoms with van der Waals surface area (Å²) in [5.74, 6) is -6.80. The van der Waals surface area contributed by atoms with Crippen LogP contribution in [0.3, 0.4) is 0 Å². The highest BCUT2D eigenvalue weighted by molar-refractivity contribution is 7.86. The molecule has 2 bridgehead atoms. The Morgan fingerprint density at radius 1 is 1.15 bits per heavy atom. The van der Waals surface area contributed by atoms with E-state index in [0.717, 1.165) is 6.92 Å². The lowest BCUT2D eigenvalue weighted by Gasteiger charge is -2.41. The molecule has 7 unspecified atom stereocenters. The smallest absolute Gasteiger partial charge is 0.430 e. The van der Waals surface area contributed by atoms with Crippen LogP contribution in [0.25, 0.3) is 0 Å². The van der Waals surface area contributed by atoms with Gasteiger partial charge in [-0.05, 0) is 19.3 Å². The van der Waals surface area contributed by atoms with Crippen molar-refractivity contribution >= 4 is 28.0 Å². The van der Waals surface area contributed by atoms with Crippen molar-refractivity contribution in [2.75, 3.05) is 0 Å². The van der Waals surface area contributed by atoms with Crippen LogP contribution >= 0.6 is 0 Å². The first kappa shape index (κ1) is 28.3. The average Bonchev–Trinajstić information content (AvgIpc) is 3.08. The molecule has 2 fully saturated rings. The number of rotatable bonds is 10. The Bertz CT molecular complexity index is 902. The number of aliphatic hydroxyl groups excluding tert-OH is 1. The molecule has 34 heavy (non-hydrogen) atoms. The second-order valence-corrected chi connectivity index (χ2v) is 10.3. The van der Waals surface area contributed by atoms with Crippen molar-refractivity contribution in [2.45, 2.75) is 82.7 Å². The number of halogens is 2. The summed E-state index contributed by atoms with van der Waals surface area (Å²) in [7, 11) is -6.07. The van der Waals surface area contributed by atoms with Crippen molar-refractivity contribution in [3.63, 3.8) is 0 Å². The summed E-state index contributed by atoms with van der Waals surface area (Å²) < 4.78 is 71.4.